The highest BCUT2D eigenvalue weighted by Crippen LogP contribution is 2.22. The summed E-state index contributed by atoms with van der Waals surface area (Å²) in [4.78, 5) is 16.1. The second-order valence-corrected chi connectivity index (χ2v) is 6.36. The van der Waals surface area contributed by atoms with E-state index in [1.807, 2.05) is 23.8 Å². The quantitative estimate of drug-likeness (QED) is 0.809. The fourth-order valence-corrected chi connectivity index (χ4v) is 3.11. The van der Waals surface area contributed by atoms with Gasteiger partial charge in [-0.25, -0.2) is 4.98 Å². The van der Waals surface area contributed by atoms with E-state index in [0.717, 1.165) is 20.1 Å². The van der Waals surface area contributed by atoms with Gasteiger partial charge in [0.1, 0.15) is 5.01 Å². The summed E-state index contributed by atoms with van der Waals surface area (Å²) in [5.41, 5.74) is 1.74. The third-order valence-corrected chi connectivity index (χ3v) is 4.34. The minimum absolute atomic E-state index is 0.131. The molecule has 2 rings (SSSR count). The van der Waals surface area contributed by atoms with Crippen LogP contribution in [0.25, 0.3) is 0 Å². The summed E-state index contributed by atoms with van der Waals surface area (Å²) in [7, 11) is 0. The molecule has 0 saturated heterocycles. The number of carbonyl (C=O) groups is 1. The first-order valence-electron chi connectivity index (χ1n) is 4.33. The van der Waals surface area contributed by atoms with Gasteiger partial charge in [-0.1, -0.05) is 0 Å². The van der Waals surface area contributed by atoms with Crippen LogP contribution >= 0.6 is 38.6 Å². The molecule has 5 heteroatoms. The van der Waals surface area contributed by atoms with Gasteiger partial charge < -0.3 is 0 Å². The minimum Gasteiger partial charge on any atom is -0.294 e. The Kier molecular flexibility index (Phi) is 3.33. The van der Waals surface area contributed by atoms with Crippen LogP contribution in [-0.4, -0.2) is 10.8 Å². The zero-order valence-electron chi connectivity index (χ0n) is 7.99. The second kappa shape index (κ2) is 4.55. The molecular weight excluding hydrogens is 294 g/mol. The fourth-order valence-electron chi connectivity index (χ4n) is 1.18. The van der Waals surface area contributed by atoms with Crippen LogP contribution in [0.3, 0.4) is 0 Å². The fraction of sp³-hybridized carbons (Fsp3) is 0.200. The van der Waals surface area contributed by atoms with Crippen molar-refractivity contribution in [3.63, 3.8) is 0 Å². The molecule has 0 saturated carbocycles. The van der Waals surface area contributed by atoms with Gasteiger partial charge in [0, 0.05) is 22.0 Å². The molecule has 2 aromatic rings. The zero-order valence-corrected chi connectivity index (χ0v) is 11.2. The van der Waals surface area contributed by atoms with Crippen molar-refractivity contribution in [1.82, 2.24) is 4.98 Å². The third kappa shape index (κ3) is 2.74. The van der Waals surface area contributed by atoms with E-state index in [9.17, 15) is 4.79 Å². The first-order chi connectivity index (χ1) is 7.15. The van der Waals surface area contributed by atoms with Crippen molar-refractivity contribution in [3.05, 3.63) is 36.9 Å². The van der Waals surface area contributed by atoms with Gasteiger partial charge in [0.15, 0.2) is 5.78 Å². The van der Waals surface area contributed by atoms with Crippen LogP contribution in [0, 0.1) is 6.92 Å². The molecule has 0 radical (unpaired) electrons. The van der Waals surface area contributed by atoms with E-state index in [-0.39, 0.29) is 5.78 Å². The van der Waals surface area contributed by atoms with Crippen LogP contribution in [-0.2, 0) is 6.42 Å². The van der Waals surface area contributed by atoms with Crippen LogP contribution in [0.4, 0.5) is 0 Å². The van der Waals surface area contributed by atoms with E-state index in [1.165, 1.54) is 22.7 Å². The number of hydrogen-bond donors (Lipinski definition) is 0. The Labute approximate surface area is 104 Å². The molecule has 0 unspecified atom stereocenters. The molecular formula is C10H8BrNOS2. The maximum atomic E-state index is 11.8. The average Bonchev–Trinajstić information content (AvgIpc) is 2.75. The summed E-state index contributed by atoms with van der Waals surface area (Å²) in [6, 6.07) is 1.85. The van der Waals surface area contributed by atoms with Gasteiger partial charge in [-0.15, -0.1) is 22.7 Å². The third-order valence-electron chi connectivity index (χ3n) is 1.87. The molecule has 15 heavy (non-hydrogen) atoms. The Hall–Kier alpha value is -0.520. The summed E-state index contributed by atoms with van der Waals surface area (Å²) in [5, 5.41) is 4.72. The van der Waals surface area contributed by atoms with Gasteiger partial charge in [-0.3, -0.25) is 4.79 Å². The van der Waals surface area contributed by atoms with E-state index >= 15 is 0 Å². The summed E-state index contributed by atoms with van der Waals surface area (Å²) in [5.74, 6) is 0.131. The van der Waals surface area contributed by atoms with Crippen molar-refractivity contribution in [2.75, 3.05) is 0 Å². The van der Waals surface area contributed by atoms with Crippen LogP contribution in [0.15, 0.2) is 20.6 Å². The van der Waals surface area contributed by atoms with Gasteiger partial charge >= 0.3 is 0 Å². The van der Waals surface area contributed by atoms with Gasteiger partial charge in [-0.2, -0.15) is 0 Å². The number of aromatic nitrogens is 1. The molecule has 0 N–H and O–H groups in total. The molecule has 0 aliphatic heterocycles. The number of rotatable bonds is 3. The number of hydrogen-bond acceptors (Lipinski definition) is 4. The first kappa shape index (κ1) is 11.0. The molecule has 0 fully saturated rings. The topological polar surface area (TPSA) is 30.0 Å². The zero-order chi connectivity index (χ0) is 10.8. The van der Waals surface area contributed by atoms with E-state index < -0.39 is 0 Å². The maximum absolute atomic E-state index is 11.8. The smallest absolute Gasteiger partial charge is 0.170 e. The number of nitrogens with zero attached hydrogens (tertiary/aromatic N) is 1. The minimum atomic E-state index is 0.131. The number of Topliss-reactive ketones (excluding diaryl/α,β-unsaturated/α-hetero) is 1. The number of thiazole rings is 1. The molecule has 0 amide bonds. The second-order valence-electron chi connectivity index (χ2n) is 3.12. The van der Waals surface area contributed by atoms with Crippen molar-refractivity contribution in [1.29, 1.82) is 0 Å². The lowest BCUT2D eigenvalue weighted by molar-refractivity contribution is 0.0993. The standard InChI is InChI=1S/C10H8BrNOS2/c1-6-4-15-10(12-6)3-8(13)7-2-9(11)14-5-7/h2,4-5H,3H2,1H3. The van der Waals surface area contributed by atoms with Gasteiger partial charge in [0.25, 0.3) is 0 Å². The predicted octanol–water partition coefficient (Wildman–Crippen LogP) is 3.70. The van der Waals surface area contributed by atoms with Crippen molar-refractivity contribution in [2.45, 2.75) is 13.3 Å². The lowest BCUT2D eigenvalue weighted by Gasteiger charge is -1.93. The number of carbonyl (C=O) groups excluding carboxylic acids is 1. The summed E-state index contributed by atoms with van der Waals surface area (Å²) >= 11 is 6.41. The van der Waals surface area contributed by atoms with Gasteiger partial charge in [0.2, 0.25) is 0 Å². The predicted molar refractivity (Wildman–Crippen MR) is 66.9 cm³/mol. The molecule has 0 spiro atoms. The average molecular weight is 302 g/mol. The lowest BCUT2D eigenvalue weighted by Crippen LogP contribution is -2.01. The van der Waals surface area contributed by atoms with E-state index in [1.54, 1.807) is 0 Å². The Morgan fingerprint density at radius 1 is 1.47 bits per heavy atom. The highest BCUT2D eigenvalue weighted by molar-refractivity contribution is 9.11. The monoisotopic (exact) mass is 301 g/mol. The van der Waals surface area contributed by atoms with E-state index in [0.29, 0.717) is 6.42 Å². The Bertz CT molecular complexity index is 489. The van der Waals surface area contributed by atoms with Crippen molar-refractivity contribution in [2.24, 2.45) is 0 Å². The van der Waals surface area contributed by atoms with E-state index in [2.05, 4.69) is 20.9 Å². The summed E-state index contributed by atoms with van der Waals surface area (Å²) < 4.78 is 0.987. The van der Waals surface area contributed by atoms with Crippen molar-refractivity contribution in [3.8, 4) is 0 Å². The van der Waals surface area contributed by atoms with Crippen molar-refractivity contribution < 1.29 is 4.79 Å². The first-order valence-corrected chi connectivity index (χ1v) is 6.88. The van der Waals surface area contributed by atoms with Crippen LogP contribution in [0.2, 0.25) is 0 Å². The molecule has 0 aliphatic rings. The normalized spacial score (nSPS) is 10.5. The molecule has 2 nitrogen and oxygen atoms in total. The number of thiophene rings is 1. The maximum Gasteiger partial charge on any atom is 0.170 e. The molecule has 78 valence electrons. The van der Waals surface area contributed by atoms with Gasteiger partial charge in [-0.05, 0) is 28.9 Å². The number of halogens is 1. The Morgan fingerprint density at radius 2 is 2.27 bits per heavy atom. The molecule has 0 aliphatic carbocycles. The highest BCUT2D eigenvalue weighted by Gasteiger charge is 2.10. The van der Waals surface area contributed by atoms with Crippen molar-refractivity contribution >= 4 is 44.4 Å². The molecule has 0 bridgehead atoms. The van der Waals surface area contributed by atoms with Crippen LogP contribution in [0.1, 0.15) is 21.1 Å². The van der Waals surface area contributed by atoms with Crippen LogP contribution in [0.5, 0.6) is 0 Å². The largest absolute Gasteiger partial charge is 0.294 e. The SMILES string of the molecule is Cc1csc(CC(=O)c2csc(Br)c2)n1. The molecule has 0 atom stereocenters. The molecule has 2 heterocycles. The van der Waals surface area contributed by atoms with Crippen LogP contribution < -0.4 is 0 Å². The molecule has 2 aromatic heterocycles. The molecule has 0 aromatic carbocycles. The van der Waals surface area contributed by atoms with Gasteiger partial charge in [0.05, 0.1) is 10.2 Å². The number of aryl methyl sites for hydroxylation is 1. The summed E-state index contributed by atoms with van der Waals surface area (Å²) in [6.45, 7) is 1.94. The highest BCUT2D eigenvalue weighted by atomic mass is 79.9. The van der Waals surface area contributed by atoms with E-state index in [4.69, 9.17) is 0 Å². The number of ketones is 1. The lowest BCUT2D eigenvalue weighted by atomic mass is 10.2. The Morgan fingerprint density at radius 3 is 2.80 bits per heavy atom. The summed E-state index contributed by atoms with van der Waals surface area (Å²) in [6.07, 6.45) is 0.404. The Balaban J connectivity index is 2.10.